The fraction of sp³-hybridized carbons (Fsp3) is 0.222. The van der Waals surface area contributed by atoms with Crippen LogP contribution in [-0.2, 0) is 4.79 Å². The van der Waals surface area contributed by atoms with E-state index in [1.807, 2.05) is 25.1 Å². The van der Waals surface area contributed by atoms with Gasteiger partial charge in [0, 0.05) is 18.7 Å². The van der Waals surface area contributed by atoms with E-state index in [1.54, 1.807) is 6.07 Å². The molecule has 1 aliphatic heterocycles. The molecule has 0 radical (unpaired) electrons. The summed E-state index contributed by atoms with van der Waals surface area (Å²) in [4.78, 5) is 26.5. The zero-order valence-electron chi connectivity index (χ0n) is 13.1. The third-order valence-electron chi connectivity index (χ3n) is 4.00. The van der Waals surface area contributed by atoms with Crippen molar-refractivity contribution in [3.63, 3.8) is 0 Å². The number of hydrogen-bond donors (Lipinski definition) is 1. The van der Waals surface area contributed by atoms with Crippen molar-refractivity contribution in [2.45, 2.75) is 13.0 Å². The van der Waals surface area contributed by atoms with Crippen molar-refractivity contribution >= 4 is 11.8 Å². The first kappa shape index (κ1) is 16.1. The summed E-state index contributed by atoms with van der Waals surface area (Å²) < 4.78 is 26.5. The first-order valence-electron chi connectivity index (χ1n) is 7.57. The lowest BCUT2D eigenvalue weighted by Crippen LogP contribution is -2.52. The van der Waals surface area contributed by atoms with Gasteiger partial charge in [0.05, 0.1) is 0 Å². The Morgan fingerprint density at radius 1 is 1.17 bits per heavy atom. The molecule has 1 atom stereocenters. The van der Waals surface area contributed by atoms with E-state index in [1.165, 1.54) is 11.0 Å². The monoisotopic (exact) mass is 330 g/mol. The molecule has 1 N–H and O–H groups in total. The normalized spacial score (nSPS) is 17.5. The number of carbonyl (C=O) groups excluding carboxylic acids is 2. The molecule has 0 spiro atoms. The lowest BCUT2D eigenvalue weighted by atomic mass is 9.99. The number of benzene rings is 2. The van der Waals surface area contributed by atoms with E-state index in [4.69, 9.17) is 0 Å². The average Bonchev–Trinajstić information content (AvgIpc) is 2.56. The van der Waals surface area contributed by atoms with Gasteiger partial charge >= 0.3 is 0 Å². The molecule has 0 aromatic heterocycles. The SMILES string of the molecule is Cc1cccc(C2C(=O)NCCN2C(=O)c2ccc(F)c(F)c2)c1. The van der Waals surface area contributed by atoms with Gasteiger partial charge in [0.2, 0.25) is 5.91 Å². The summed E-state index contributed by atoms with van der Waals surface area (Å²) in [7, 11) is 0. The van der Waals surface area contributed by atoms with E-state index in [-0.39, 0.29) is 11.5 Å². The highest BCUT2D eigenvalue weighted by Crippen LogP contribution is 2.26. The van der Waals surface area contributed by atoms with Crippen LogP contribution >= 0.6 is 0 Å². The average molecular weight is 330 g/mol. The largest absolute Gasteiger partial charge is 0.352 e. The molecule has 24 heavy (non-hydrogen) atoms. The maximum Gasteiger partial charge on any atom is 0.254 e. The minimum absolute atomic E-state index is 0.0150. The molecule has 0 bridgehead atoms. The van der Waals surface area contributed by atoms with Gasteiger partial charge in [0.15, 0.2) is 11.6 Å². The first-order chi connectivity index (χ1) is 11.5. The molecule has 124 valence electrons. The molecule has 4 nitrogen and oxygen atoms in total. The zero-order chi connectivity index (χ0) is 17.3. The van der Waals surface area contributed by atoms with Crippen LogP contribution in [0.2, 0.25) is 0 Å². The number of rotatable bonds is 2. The number of amides is 2. The van der Waals surface area contributed by atoms with Crippen molar-refractivity contribution in [2.75, 3.05) is 13.1 Å². The van der Waals surface area contributed by atoms with Crippen LogP contribution in [0.5, 0.6) is 0 Å². The second-order valence-corrected chi connectivity index (χ2v) is 5.74. The Hall–Kier alpha value is -2.76. The zero-order valence-corrected chi connectivity index (χ0v) is 13.1. The highest BCUT2D eigenvalue weighted by molar-refractivity contribution is 5.98. The van der Waals surface area contributed by atoms with E-state index in [2.05, 4.69) is 5.32 Å². The standard InChI is InChI=1S/C18H16F2N2O2/c1-11-3-2-4-12(9-11)16-17(23)21-7-8-22(16)18(24)13-5-6-14(19)15(20)10-13/h2-6,9-10,16H,7-8H2,1H3,(H,21,23). The van der Waals surface area contributed by atoms with Crippen LogP contribution in [-0.4, -0.2) is 29.8 Å². The molecule has 1 fully saturated rings. The molecule has 6 heteroatoms. The Balaban J connectivity index is 1.98. The van der Waals surface area contributed by atoms with Crippen LogP contribution in [0.1, 0.15) is 27.5 Å². The van der Waals surface area contributed by atoms with Gasteiger partial charge in [-0.05, 0) is 30.7 Å². The predicted molar refractivity (Wildman–Crippen MR) is 84.3 cm³/mol. The van der Waals surface area contributed by atoms with E-state index in [0.717, 1.165) is 17.7 Å². The van der Waals surface area contributed by atoms with Crippen molar-refractivity contribution in [2.24, 2.45) is 0 Å². The summed E-state index contributed by atoms with van der Waals surface area (Å²) >= 11 is 0. The number of nitrogens with one attached hydrogen (secondary N) is 1. The van der Waals surface area contributed by atoms with Crippen molar-refractivity contribution in [1.29, 1.82) is 0 Å². The second kappa shape index (κ2) is 6.39. The summed E-state index contributed by atoms with van der Waals surface area (Å²) in [6, 6.07) is 9.51. The minimum atomic E-state index is -1.09. The lowest BCUT2D eigenvalue weighted by molar-refractivity contribution is -0.128. The molecular formula is C18H16F2N2O2. The Kier molecular flexibility index (Phi) is 4.29. The van der Waals surface area contributed by atoms with Gasteiger partial charge in [0.25, 0.3) is 5.91 Å². The summed E-state index contributed by atoms with van der Waals surface area (Å²) in [5.74, 6) is -2.90. The highest BCUT2D eigenvalue weighted by atomic mass is 19.2. The Labute approximate surface area is 138 Å². The maximum atomic E-state index is 13.4. The van der Waals surface area contributed by atoms with E-state index in [9.17, 15) is 18.4 Å². The fourth-order valence-electron chi connectivity index (χ4n) is 2.85. The Bertz CT molecular complexity index is 807. The quantitative estimate of drug-likeness (QED) is 0.920. The number of aryl methyl sites for hydroxylation is 1. The molecule has 1 aliphatic rings. The fourth-order valence-corrected chi connectivity index (χ4v) is 2.85. The van der Waals surface area contributed by atoms with Gasteiger partial charge in [-0.2, -0.15) is 0 Å². The number of piperazine rings is 1. The van der Waals surface area contributed by atoms with Crippen LogP contribution in [0.3, 0.4) is 0 Å². The van der Waals surface area contributed by atoms with Crippen molar-refractivity contribution in [1.82, 2.24) is 10.2 Å². The topological polar surface area (TPSA) is 49.4 Å². The third kappa shape index (κ3) is 2.99. The maximum absolute atomic E-state index is 13.4. The van der Waals surface area contributed by atoms with Gasteiger partial charge in [0.1, 0.15) is 6.04 Å². The van der Waals surface area contributed by atoms with Crippen LogP contribution in [0.4, 0.5) is 8.78 Å². The van der Waals surface area contributed by atoms with Gasteiger partial charge in [-0.3, -0.25) is 9.59 Å². The van der Waals surface area contributed by atoms with Crippen LogP contribution in [0, 0.1) is 18.6 Å². The van der Waals surface area contributed by atoms with Crippen LogP contribution < -0.4 is 5.32 Å². The Morgan fingerprint density at radius 3 is 2.67 bits per heavy atom. The van der Waals surface area contributed by atoms with Crippen LogP contribution in [0.25, 0.3) is 0 Å². The predicted octanol–water partition coefficient (Wildman–Crippen LogP) is 2.59. The minimum Gasteiger partial charge on any atom is -0.352 e. The number of halogens is 2. The van der Waals surface area contributed by atoms with Crippen LogP contribution in [0.15, 0.2) is 42.5 Å². The van der Waals surface area contributed by atoms with Crippen molar-refractivity contribution < 1.29 is 18.4 Å². The smallest absolute Gasteiger partial charge is 0.254 e. The van der Waals surface area contributed by atoms with Crippen molar-refractivity contribution in [3.05, 3.63) is 70.8 Å². The summed E-state index contributed by atoms with van der Waals surface area (Å²) in [5, 5.41) is 2.74. The molecule has 2 aromatic rings. The van der Waals surface area contributed by atoms with Gasteiger partial charge in [-0.1, -0.05) is 29.8 Å². The Morgan fingerprint density at radius 2 is 1.96 bits per heavy atom. The van der Waals surface area contributed by atoms with Gasteiger partial charge in [-0.15, -0.1) is 0 Å². The lowest BCUT2D eigenvalue weighted by Gasteiger charge is -2.35. The van der Waals surface area contributed by atoms with E-state index >= 15 is 0 Å². The van der Waals surface area contributed by atoms with E-state index in [0.29, 0.717) is 18.7 Å². The van der Waals surface area contributed by atoms with Crippen molar-refractivity contribution in [3.8, 4) is 0 Å². The molecule has 0 saturated carbocycles. The summed E-state index contributed by atoms with van der Waals surface area (Å²) in [5.41, 5.74) is 1.66. The highest BCUT2D eigenvalue weighted by Gasteiger charge is 2.35. The second-order valence-electron chi connectivity index (χ2n) is 5.74. The molecule has 3 rings (SSSR count). The first-order valence-corrected chi connectivity index (χ1v) is 7.57. The number of hydrogen-bond acceptors (Lipinski definition) is 2. The molecule has 0 aliphatic carbocycles. The molecule has 1 heterocycles. The molecule has 1 saturated heterocycles. The summed E-state index contributed by atoms with van der Waals surface area (Å²) in [6.45, 7) is 2.50. The molecule has 2 amide bonds. The molecule has 2 aromatic carbocycles. The van der Waals surface area contributed by atoms with Gasteiger partial charge < -0.3 is 10.2 Å². The number of carbonyl (C=O) groups is 2. The summed E-state index contributed by atoms with van der Waals surface area (Å²) in [6.07, 6.45) is 0. The third-order valence-corrected chi connectivity index (χ3v) is 4.00. The molecule has 1 unspecified atom stereocenters. The van der Waals surface area contributed by atoms with E-state index < -0.39 is 23.6 Å². The number of nitrogens with zero attached hydrogens (tertiary/aromatic N) is 1. The molecular weight excluding hydrogens is 314 g/mol. The van der Waals surface area contributed by atoms with Gasteiger partial charge in [-0.25, -0.2) is 8.78 Å².